The molecular weight excluding hydrogens is 1080 g/mol. The van der Waals surface area contributed by atoms with Crippen molar-refractivity contribution in [2.75, 3.05) is 11.9 Å². The van der Waals surface area contributed by atoms with Gasteiger partial charge in [-0.25, -0.2) is 13.6 Å². The van der Waals surface area contributed by atoms with Gasteiger partial charge in [-0.2, -0.15) is 0 Å². The Bertz CT molecular complexity index is 3380. The Morgan fingerprint density at radius 2 is 0.950 bits per heavy atom. The quantitative estimate of drug-likeness (QED) is 0.134. The van der Waals surface area contributed by atoms with Crippen molar-refractivity contribution < 1.29 is 18.4 Å². The fourth-order valence-corrected chi connectivity index (χ4v) is 12.7. The van der Waals surface area contributed by atoms with Gasteiger partial charge in [-0.15, -0.1) is 12.4 Å². The van der Waals surface area contributed by atoms with Crippen LogP contribution in [0.2, 0.25) is 0 Å². The molecule has 8 aromatic rings. The molecule has 10 heteroatoms. The Labute approximate surface area is 486 Å². The second kappa shape index (κ2) is 26.6. The first kappa shape index (κ1) is 57.8. The second-order valence-corrected chi connectivity index (χ2v) is 22.5. The van der Waals surface area contributed by atoms with Crippen molar-refractivity contribution in [3.05, 3.63) is 283 Å². The lowest BCUT2D eigenvalue weighted by Gasteiger charge is -2.38. The van der Waals surface area contributed by atoms with Gasteiger partial charge in [0.05, 0.1) is 17.9 Å². The molecule has 2 N–H and O–H groups in total. The lowest BCUT2D eigenvalue weighted by molar-refractivity contribution is -0.131. The molecule has 0 radical (unpaired) electrons. The highest BCUT2D eigenvalue weighted by Gasteiger charge is 2.37. The van der Waals surface area contributed by atoms with E-state index in [0.717, 1.165) is 51.5 Å². The summed E-state index contributed by atoms with van der Waals surface area (Å²) in [5.41, 5.74) is 19.8. The number of hydrogen-bond acceptors (Lipinski definition) is 3. The van der Waals surface area contributed by atoms with Crippen LogP contribution in [0.15, 0.2) is 182 Å². The number of urea groups is 1. The molecule has 412 valence electrons. The highest BCUT2D eigenvalue weighted by molar-refractivity contribution is 9.09. The number of halogens is 4. The van der Waals surface area contributed by atoms with Crippen LogP contribution in [0.3, 0.4) is 0 Å². The minimum atomic E-state index is -0.273. The summed E-state index contributed by atoms with van der Waals surface area (Å²) in [6, 6.07) is 61.0. The molecule has 3 unspecified atom stereocenters. The van der Waals surface area contributed by atoms with Gasteiger partial charge >= 0.3 is 6.03 Å². The van der Waals surface area contributed by atoms with Gasteiger partial charge in [0.1, 0.15) is 11.6 Å². The fourth-order valence-electron chi connectivity index (χ4n) is 12.4. The van der Waals surface area contributed by atoms with Crippen molar-refractivity contribution in [3.8, 4) is 0 Å². The summed E-state index contributed by atoms with van der Waals surface area (Å²) < 4.78 is 28.7. The van der Waals surface area contributed by atoms with E-state index in [-0.39, 0.29) is 71.9 Å². The first-order valence-electron chi connectivity index (χ1n) is 28.0. The third-order valence-electron chi connectivity index (χ3n) is 16.9. The standard InChI is InChI=1S/C35H35FN2O.C18H17BrFNO.C17H19N.ClH/c1-23-18-28-16-17-33(34(31(28)19-24(23)2)25-10-4-3-5-11-25)37-35(39)38(22-29-14-8-9-15-32(29)36)30-20-26-12-6-7-13-27(26)21-30;19-11-18(22)21(12-15-7-3-4-8-17(15)20)16-9-13-5-1-2-6-14(13)10-16;1-12-10-15-8-9-18-17(16(15)11-13(12)2)14-6-4-3-5-7-14;/h3-15,18-19,30,33-34H,16-17,20-22H2,1-2H3,(H,37,39);1-8,16H,9-12H2;3-7,10-11,17-18H,8-9H2,1-2H3;1H. The van der Waals surface area contributed by atoms with Crippen molar-refractivity contribution in [3.63, 3.8) is 0 Å². The molecule has 0 saturated carbocycles. The first-order chi connectivity index (χ1) is 38.4. The Morgan fingerprint density at radius 3 is 1.46 bits per heavy atom. The van der Waals surface area contributed by atoms with Crippen molar-refractivity contribution in [1.29, 1.82) is 0 Å². The molecule has 3 aliphatic carbocycles. The van der Waals surface area contributed by atoms with Gasteiger partial charge in [0.2, 0.25) is 5.91 Å². The monoisotopic (exact) mass is 1150 g/mol. The number of alkyl halides is 1. The molecule has 12 rings (SSSR count). The minimum Gasteiger partial charge on any atom is -0.334 e. The van der Waals surface area contributed by atoms with E-state index < -0.39 is 0 Å². The molecule has 8 aromatic carbocycles. The molecule has 0 fully saturated rings. The molecule has 3 atom stereocenters. The summed E-state index contributed by atoms with van der Waals surface area (Å²) in [7, 11) is 0. The number of aryl methyl sites for hydroxylation is 5. The zero-order chi connectivity index (χ0) is 55.0. The number of carbonyl (C=O) groups is 2. The Hall–Kier alpha value is -6.91. The molecule has 1 aliphatic heterocycles. The number of fused-ring (bicyclic) bond motifs is 4. The molecule has 80 heavy (non-hydrogen) atoms. The summed E-state index contributed by atoms with van der Waals surface area (Å²) in [5, 5.41) is 7.35. The van der Waals surface area contributed by atoms with Crippen molar-refractivity contribution >= 4 is 40.3 Å². The van der Waals surface area contributed by atoms with E-state index in [0.29, 0.717) is 23.7 Å². The zero-order valence-electron chi connectivity index (χ0n) is 46.2. The van der Waals surface area contributed by atoms with Crippen LogP contribution in [0.25, 0.3) is 0 Å². The highest BCUT2D eigenvalue weighted by Crippen LogP contribution is 2.39. The van der Waals surface area contributed by atoms with Crippen LogP contribution in [0.4, 0.5) is 13.6 Å². The van der Waals surface area contributed by atoms with E-state index in [2.05, 4.69) is 170 Å². The lowest BCUT2D eigenvalue weighted by atomic mass is 9.74. The van der Waals surface area contributed by atoms with Crippen LogP contribution in [-0.2, 0) is 56.4 Å². The van der Waals surface area contributed by atoms with E-state index in [1.807, 2.05) is 29.2 Å². The minimum absolute atomic E-state index is 0. The van der Waals surface area contributed by atoms with E-state index in [9.17, 15) is 18.4 Å². The lowest BCUT2D eigenvalue weighted by Crippen LogP contribution is -2.51. The van der Waals surface area contributed by atoms with Crippen molar-refractivity contribution in [2.45, 2.75) is 116 Å². The maximum Gasteiger partial charge on any atom is 0.318 e. The summed E-state index contributed by atoms with van der Waals surface area (Å²) in [5.74, 6) is -0.467. The van der Waals surface area contributed by atoms with Crippen LogP contribution in [-0.4, -0.2) is 51.7 Å². The largest absolute Gasteiger partial charge is 0.334 e. The van der Waals surface area contributed by atoms with E-state index >= 15 is 0 Å². The van der Waals surface area contributed by atoms with Crippen molar-refractivity contribution in [1.82, 2.24) is 20.4 Å². The SMILES string of the molecule is Cc1cc2c(cc1C)C(c1ccccc1)C(NC(=O)N(Cc1ccccc1F)C1Cc3ccccc3C1)CC2.Cc1cc2c(cc1C)C(c1ccccc1)NCC2.Cl.O=C(CBr)N(Cc1ccccc1F)C1Cc2ccccc2C1. The summed E-state index contributed by atoms with van der Waals surface area (Å²) in [6.45, 7) is 10.4. The summed E-state index contributed by atoms with van der Waals surface area (Å²) in [6.07, 6.45) is 6.16. The zero-order valence-corrected chi connectivity index (χ0v) is 48.6. The fraction of sp³-hybridized carbons (Fsp3) is 0.286. The number of nitrogens with zero attached hydrogens (tertiary/aromatic N) is 2. The Balaban J connectivity index is 0.000000159. The molecule has 6 nitrogen and oxygen atoms in total. The van der Waals surface area contributed by atoms with Crippen LogP contribution in [0, 0.1) is 39.3 Å². The third kappa shape index (κ3) is 13.3. The second-order valence-electron chi connectivity index (χ2n) is 21.9. The maximum absolute atomic E-state index is 14.8. The van der Waals surface area contributed by atoms with Crippen molar-refractivity contribution in [2.24, 2.45) is 0 Å². The maximum atomic E-state index is 14.8. The number of benzene rings is 8. The average Bonchev–Trinajstić information content (AvgIpc) is 4.13. The van der Waals surface area contributed by atoms with E-state index in [1.54, 1.807) is 35.2 Å². The van der Waals surface area contributed by atoms with Crippen LogP contribution < -0.4 is 10.6 Å². The highest BCUT2D eigenvalue weighted by atomic mass is 79.9. The Morgan fingerprint density at radius 1 is 0.525 bits per heavy atom. The number of amides is 3. The molecule has 0 aromatic heterocycles. The number of carbonyl (C=O) groups excluding carboxylic acids is 2. The molecular formula is C70H72BrClF2N4O2. The predicted octanol–water partition coefficient (Wildman–Crippen LogP) is 14.9. The molecule has 4 aliphatic rings. The number of rotatable bonds is 10. The van der Waals surface area contributed by atoms with Gasteiger partial charge < -0.3 is 20.4 Å². The Kier molecular flexibility index (Phi) is 19.2. The van der Waals surface area contributed by atoms with E-state index in [4.69, 9.17) is 0 Å². The van der Waals surface area contributed by atoms with Gasteiger partial charge in [0.25, 0.3) is 0 Å². The molecule has 1 heterocycles. The van der Waals surface area contributed by atoms with Crippen LogP contribution >= 0.6 is 28.3 Å². The predicted molar refractivity (Wildman–Crippen MR) is 326 cm³/mol. The van der Waals surface area contributed by atoms with E-state index in [1.165, 1.54) is 90.0 Å². The third-order valence-corrected chi connectivity index (χ3v) is 17.3. The summed E-state index contributed by atoms with van der Waals surface area (Å²) in [4.78, 5) is 30.2. The average molecular weight is 1150 g/mol. The molecule has 0 saturated heterocycles. The molecule has 0 spiro atoms. The molecule has 3 amide bonds. The van der Waals surface area contributed by atoms with Gasteiger partial charge in [-0.05, 0) is 163 Å². The first-order valence-corrected chi connectivity index (χ1v) is 29.1. The van der Waals surface area contributed by atoms with Gasteiger partial charge in [-0.3, -0.25) is 4.79 Å². The van der Waals surface area contributed by atoms with Crippen LogP contribution in [0.1, 0.15) is 107 Å². The molecule has 0 bridgehead atoms. The van der Waals surface area contributed by atoms with Gasteiger partial charge in [0, 0.05) is 48.3 Å². The normalized spacial score (nSPS) is 16.9. The van der Waals surface area contributed by atoms with Gasteiger partial charge in [0.15, 0.2) is 0 Å². The smallest absolute Gasteiger partial charge is 0.318 e. The van der Waals surface area contributed by atoms with Gasteiger partial charge in [-0.1, -0.05) is 186 Å². The topological polar surface area (TPSA) is 64.7 Å². The number of hydrogen-bond donors (Lipinski definition) is 2. The summed E-state index contributed by atoms with van der Waals surface area (Å²) >= 11 is 3.24. The number of nitrogens with one attached hydrogen (secondary N) is 2. The van der Waals surface area contributed by atoms with Crippen LogP contribution in [0.5, 0.6) is 0 Å².